The summed E-state index contributed by atoms with van der Waals surface area (Å²) in [6.45, 7) is 2.20. The Morgan fingerprint density at radius 2 is 1.45 bits per heavy atom. The van der Waals surface area contributed by atoms with Crippen LogP contribution in [0.25, 0.3) is 10.8 Å². The number of quaternary nitrogens is 1. The molecular weight excluding hydrogens is 403 g/mol. The smallest absolute Gasteiger partial charge is 0.418 e. The molecule has 0 radical (unpaired) electrons. The van der Waals surface area contributed by atoms with Gasteiger partial charge in [-0.3, -0.25) is 4.90 Å². The first-order valence-corrected chi connectivity index (χ1v) is 11.4. The molecule has 166 valence electrons. The molecule has 2 aromatic rings. The largest absolute Gasteiger partial charge is 0.673 e. The van der Waals surface area contributed by atoms with E-state index in [9.17, 15) is 17.3 Å². The molecule has 1 unspecified atom stereocenters. The van der Waals surface area contributed by atoms with E-state index in [1.54, 1.807) is 4.90 Å². The van der Waals surface area contributed by atoms with Crippen LogP contribution in [-0.2, 0) is 6.54 Å². The van der Waals surface area contributed by atoms with Crippen LogP contribution in [0.15, 0.2) is 54.9 Å². The number of hydrogen-bond acceptors (Lipinski definition) is 1. The van der Waals surface area contributed by atoms with Crippen molar-refractivity contribution in [3.05, 3.63) is 60.4 Å². The van der Waals surface area contributed by atoms with Crippen LogP contribution in [0.2, 0.25) is 0 Å². The summed E-state index contributed by atoms with van der Waals surface area (Å²) in [6.07, 6.45) is 14.0. The second kappa shape index (κ2) is 7.84. The predicted molar refractivity (Wildman–Crippen MR) is 116 cm³/mol. The van der Waals surface area contributed by atoms with Gasteiger partial charge in [0.1, 0.15) is 11.7 Å². The van der Waals surface area contributed by atoms with E-state index < -0.39 is 7.25 Å². The zero-order chi connectivity index (χ0) is 21.6. The minimum absolute atomic E-state index is 0.568. The maximum atomic E-state index is 9.75. The second-order valence-corrected chi connectivity index (χ2v) is 10.1. The maximum Gasteiger partial charge on any atom is 0.673 e. The predicted octanol–water partition coefficient (Wildman–Crippen LogP) is 5.24. The summed E-state index contributed by atoms with van der Waals surface area (Å²) in [4.78, 5) is 4.31. The summed E-state index contributed by atoms with van der Waals surface area (Å²) in [5.41, 5.74) is 2.03. The zero-order valence-corrected chi connectivity index (χ0v) is 17.6. The molecule has 1 N–H and O–H groups in total. The molecule has 5 aliphatic rings. The summed E-state index contributed by atoms with van der Waals surface area (Å²) in [5.74, 6) is 3.11. The van der Waals surface area contributed by atoms with Crippen LogP contribution in [0, 0.1) is 17.8 Å². The van der Waals surface area contributed by atoms with Crippen molar-refractivity contribution in [3.63, 3.8) is 0 Å². The van der Waals surface area contributed by atoms with Crippen molar-refractivity contribution in [1.29, 1.82) is 0 Å². The van der Waals surface area contributed by atoms with Crippen molar-refractivity contribution in [1.82, 2.24) is 4.90 Å². The standard InChI is InChI=1S/C24H28N2.BF4/c1-2-7-23-21(4-1)5-3-6-22(23)16-25-8-9-26(17-25)24-13-18-10-19(14-24)12-20(11-18)15-24;2-1(3,4)5/h1-9,18-20H,10-17H2;/q;-1/p+1. The third-order valence-corrected chi connectivity index (χ3v) is 7.83. The highest BCUT2D eigenvalue weighted by Gasteiger charge is 2.56. The van der Waals surface area contributed by atoms with Gasteiger partial charge in [-0.05, 0) is 53.4 Å². The summed E-state index contributed by atoms with van der Waals surface area (Å²) >= 11 is 0. The van der Waals surface area contributed by atoms with Crippen LogP contribution in [0.3, 0.4) is 0 Å². The molecule has 0 spiro atoms. The van der Waals surface area contributed by atoms with Crippen LogP contribution in [0.1, 0.15) is 44.1 Å². The molecule has 0 amide bonds. The van der Waals surface area contributed by atoms with Crippen molar-refractivity contribution >= 4 is 18.0 Å². The average molecular weight is 432 g/mol. The van der Waals surface area contributed by atoms with E-state index in [0.29, 0.717) is 5.54 Å². The number of benzene rings is 2. The van der Waals surface area contributed by atoms with Crippen LogP contribution in [-0.4, -0.2) is 24.4 Å². The molecule has 1 heterocycles. The lowest BCUT2D eigenvalue weighted by molar-refractivity contribution is -0.913. The van der Waals surface area contributed by atoms with Gasteiger partial charge in [-0.25, -0.2) is 0 Å². The van der Waals surface area contributed by atoms with Gasteiger partial charge in [0, 0.05) is 25.8 Å². The molecule has 4 aliphatic carbocycles. The third-order valence-electron chi connectivity index (χ3n) is 7.83. The molecule has 7 heteroatoms. The summed E-state index contributed by atoms with van der Waals surface area (Å²) < 4.78 is 39.0. The van der Waals surface area contributed by atoms with Gasteiger partial charge in [-0.2, -0.15) is 0 Å². The molecule has 2 nitrogen and oxygen atoms in total. The van der Waals surface area contributed by atoms with Gasteiger partial charge in [0.25, 0.3) is 0 Å². The fourth-order valence-electron chi connectivity index (χ4n) is 7.13. The van der Waals surface area contributed by atoms with Crippen molar-refractivity contribution in [2.24, 2.45) is 17.8 Å². The van der Waals surface area contributed by atoms with Gasteiger partial charge in [0.05, 0.1) is 6.20 Å². The molecule has 4 bridgehead atoms. The lowest BCUT2D eigenvalue weighted by Crippen LogP contribution is -3.17. The number of halogens is 4. The van der Waals surface area contributed by atoms with Gasteiger partial charge in [-0.15, -0.1) is 0 Å². The van der Waals surface area contributed by atoms with Gasteiger partial charge < -0.3 is 22.2 Å². The highest BCUT2D eigenvalue weighted by molar-refractivity contribution is 6.50. The molecule has 2 aromatic carbocycles. The zero-order valence-electron chi connectivity index (χ0n) is 17.6. The lowest BCUT2D eigenvalue weighted by atomic mass is 9.52. The van der Waals surface area contributed by atoms with E-state index in [1.165, 1.54) is 54.9 Å². The Morgan fingerprint density at radius 1 is 0.871 bits per heavy atom. The Labute approximate surface area is 181 Å². The number of rotatable bonds is 3. The normalized spacial score (nSPS) is 33.6. The van der Waals surface area contributed by atoms with E-state index in [2.05, 4.69) is 59.8 Å². The summed E-state index contributed by atoms with van der Waals surface area (Å²) in [6, 6.07) is 15.5. The van der Waals surface area contributed by atoms with Crippen molar-refractivity contribution in [2.45, 2.75) is 50.6 Å². The molecule has 0 aromatic heterocycles. The number of fused-ring (bicyclic) bond motifs is 1. The first kappa shape index (κ1) is 20.9. The Balaban J connectivity index is 0.000000371. The minimum Gasteiger partial charge on any atom is -0.418 e. The van der Waals surface area contributed by atoms with Gasteiger partial charge >= 0.3 is 7.25 Å². The van der Waals surface area contributed by atoms with Crippen molar-refractivity contribution in [3.8, 4) is 0 Å². The van der Waals surface area contributed by atoms with Gasteiger partial charge in [-0.1, -0.05) is 42.5 Å². The fourth-order valence-corrected chi connectivity index (χ4v) is 7.13. The molecule has 4 fully saturated rings. The van der Waals surface area contributed by atoms with Gasteiger partial charge in [0.15, 0.2) is 6.67 Å². The van der Waals surface area contributed by atoms with E-state index in [-0.39, 0.29) is 0 Å². The molecule has 4 saturated carbocycles. The Hall–Kier alpha value is -2.02. The molecule has 1 aliphatic heterocycles. The van der Waals surface area contributed by atoms with Crippen LogP contribution < -0.4 is 4.90 Å². The average Bonchev–Trinajstić information content (AvgIpc) is 3.16. The lowest BCUT2D eigenvalue weighted by Gasteiger charge is -2.57. The minimum atomic E-state index is -6.00. The second-order valence-electron chi connectivity index (χ2n) is 10.1. The quantitative estimate of drug-likeness (QED) is 0.515. The van der Waals surface area contributed by atoms with E-state index in [0.717, 1.165) is 31.0 Å². The van der Waals surface area contributed by atoms with Crippen LogP contribution in [0.4, 0.5) is 17.3 Å². The highest BCUT2D eigenvalue weighted by atomic mass is 19.5. The SMILES string of the molecule is C1=C[NH+](C23CC4CC(CC(C4)C2)C3)CN1Cc1cccc2ccccc12.F[B-](F)(F)F. The fraction of sp³-hybridized carbons (Fsp3) is 0.500. The number of nitrogens with one attached hydrogen (secondary N) is 1. The third kappa shape index (κ3) is 4.47. The topological polar surface area (TPSA) is 7.68 Å². The monoisotopic (exact) mass is 432 g/mol. The maximum absolute atomic E-state index is 9.75. The highest BCUT2D eigenvalue weighted by Crippen LogP contribution is 2.54. The molecular formula is C24H29BF4N2. The van der Waals surface area contributed by atoms with E-state index in [4.69, 9.17) is 0 Å². The van der Waals surface area contributed by atoms with Crippen LogP contribution in [0.5, 0.6) is 0 Å². The molecule has 31 heavy (non-hydrogen) atoms. The molecule has 0 saturated heterocycles. The molecule has 1 atom stereocenters. The van der Waals surface area contributed by atoms with Gasteiger partial charge in [0.2, 0.25) is 0 Å². The Morgan fingerprint density at radius 3 is 2.10 bits per heavy atom. The van der Waals surface area contributed by atoms with Crippen molar-refractivity contribution < 1.29 is 22.2 Å². The Bertz CT molecular complexity index is 927. The van der Waals surface area contributed by atoms with E-state index >= 15 is 0 Å². The first-order chi connectivity index (χ1) is 14.8. The number of nitrogens with zero attached hydrogens (tertiary/aromatic N) is 1. The van der Waals surface area contributed by atoms with Crippen LogP contribution >= 0.6 is 0 Å². The summed E-state index contributed by atoms with van der Waals surface area (Å²) in [5, 5.41) is 2.77. The number of hydrogen-bond donors (Lipinski definition) is 1. The first-order valence-electron chi connectivity index (χ1n) is 11.4. The molecule has 7 rings (SSSR count). The Kier molecular flexibility index (Phi) is 5.28. The van der Waals surface area contributed by atoms with E-state index in [1.807, 2.05) is 0 Å². The van der Waals surface area contributed by atoms with Crippen molar-refractivity contribution in [2.75, 3.05) is 6.67 Å². The summed E-state index contributed by atoms with van der Waals surface area (Å²) in [7, 11) is -6.00.